The first-order chi connectivity index (χ1) is 2.50. The summed E-state index contributed by atoms with van der Waals surface area (Å²) in [6.45, 7) is 2.50. The summed E-state index contributed by atoms with van der Waals surface area (Å²) in [4.78, 5) is 0. The second-order valence-electron chi connectivity index (χ2n) is 1.46. The van der Waals surface area contributed by atoms with E-state index in [9.17, 15) is 0 Å². The van der Waals surface area contributed by atoms with Crippen molar-refractivity contribution >= 4 is 0 Å². The molecule has 0 bridgehead atoms. The van der Waals surface area contributed by atoms with Crippen LogP contribution in [0, 0.1) is 0 Å². The molecule has 1 nitrogen and oxygen atoms in total. The van der Waals surface area contributed by atoms with Gasteiger partial charge in [-0.3, -0.25) is 0 Å². The average Bonchev–Trinajstić information content (AvgIpc) is 1.76. The van der Waals surface area contributed by atoms with E-state index in [0.717, 1.165) is 0 Å². The van der Waals surface area contributed by atoms with Crippen LogP contribution in [0.3, 0.4) is 0 Å². The molecule has 1 heterocycles. The molecule has 1 aliphatic heterocycles. The van der Waals surface area contributed by atoms with E-state index in [2.05, 4.69) is 5.32 Å². The number of nitrogens with one attached hydrogen (secondary N) is 1. The van der Waals surface area contributed by atoms with Crippen LogP contribution in [-0.2, 0) is 16.5 Å². The van der Waals surface area contributed by atoms with Crippen LogP contribution in [0.25, 0.3) is 0 Å². The summed E-state index contributed by atoms with van der Waals surface area (Å²) in [5.41, 5.74) is 0. The standard InChI is InChI=1S/C4H9N.Ni/c1-2-4-5-3-1;/h5H,1-4H2;. The number of hydrogen-bond donors (Lipinski definition) is 1. The third-order valence-electron chi connectivity index (χ3n) is 0.957. The van der Waals surface area contributed by atoms with Crippen LogP contribution in [0.15, 0.2) is 0 Å². The first-order valence-electron chi connectivity index (χ1n) is 2.21. The van der Waals surface area contributed by atoms with E-state index in [1.54, 1.807) is 0 Å². The van der Waals surface area contributed by atoms with Gasteiger partial charge in [0.15, 0.2) is 0 Å². The Hall–Kier alpha value is 0.454. The molecule has 0 radical (unpaired) electrons. The van der Waals surface area contributed by atoms with Gasteiger partial charge in [0.2, 0.25) is 0 Å². The molecule has 0 amide bonds. The molecule has 0 spiro atoms. The largest absolute Gasteiger partial charge is 0.317 e. The van der Waals surface area contributed by atoms with Crippen molar-refractivity contribution in [2.24, 2.45) is 0 Å². The van der Waals surface area contributed by atoms with Gasteiger partial charge >= 0.3 is 0 Å². The summed E-state index contributed by atoms with van der Waals surface area (Å²) in [7, 11) is 0. The van der Waals surface area contributed by atoms with E-state index in [1.165, 1.54) is 25.9 Å². The summed E-state index contributed by atoms with van der Waals surface area (Å²) in [6.07, 6.45) is 2.78. The maximum absolute atomic E-state index is 3.22. The fraction of sp³-hybridized carbons (Fsp3) is 1.00. The molecule has 0 saturated carbocycles. The van der Waals surface area contributed by atoms with Crippen molar-refractivity contribution in [3.8, 4) is 0 Å². The van der Waals surface area contributed by atoms with Gasteiger partial charge in [0.25, 0.3) is 0 Å². The van der Waals surface area contributed by atoms with Gasteiger partial charge in [-0.25, -0.2) is 0 Å². The molecule has 0 atom stereocenters. The zero-order valence-corrected chi connectivity index (χ0v) is 4.63. The predicted molar refractivity (Wildman–Crippen MR) is 22.1 cm³/mol. The van der Waals surface area contributed by atoms with Crippen LogP contribution >= 0.6 is 0 Å². The Labute approximate surface area is 48.4 Å². The van der Waals surface area contributed by atoms with Gasteiger partial charge in [-0.15, -0.1) is 0 Å². The predicted octanol–water partition coefficient (Wildman–Crippen LogP) is 0.367. The molecule has 0 aromatic heterocycles. The first kappa shape index (κ1) is 6.45. The molecule has 40 valence electrons. The molecule has 1 saturated heterocycles. The Kier molecular flexibility index (Phi) is 3.91. The fourth-order valence-corrected chi connectivity index (χ4v) is 0.625. The molecule has 1 rings (SSSR count). The van der Waals surface area contributed by atoms with E-state index in [0.29, 0.717) is 0 Å². The fourth-order valence-electron chi connectivity index (χ4n) is 0.625. The first-order valence-corrected chi connectivity index (χ1v) is 2.21. The average molecular weight is 130 g/mol. The minimum Gasteiger partial charge on any atom is -0.317 e. The third-order valence-corrected chi connectivity index (χ3v) is 0.957. The molecule has 1 N–H and O–H groups in total. The molecule has 0 aromatic rings. The Bertz CT molecular complexity index is 19.1. The van der Waals surface area contributed by atoms with Crippen LogP contribution in [0.1, 0.15) is 12.8 Å². The zero-order chi connectivity index (χ0) is 3.54. The van der Waals surface area contributed by atoms with Gasteiger partial charge < -0.3 is 5.32 Å². The second-order valence-corrected chi connectivity index (χ2v) is 1.46. The van der Waals surface area contributed by atoms with Crippen LogP contribution in [0.4, 0.5) is 0 Å². The van der Waals surface area contributed by atoms with Gasteiger partial charge in [0, 0.05) is 16.5 Å². The molecule has 1 aliphatic rings. The molecule has 1 fully saturated rings. The van der Waals surface area contributed by atoms with Crippen LogP contribution in [-0.4, -0.2) is 13.1 Å². The summed E-state index contributed by atoms with van der Waals surface area (Å²) < 4.78 is 0. The summed E-state index contributed by atoms with van der Waals surface area (Å²) >= 11 is 0. The van der Waals surface area contributed by atoms with Crippen LogP contribution in [0.5, 0.6) is 0 Å². The van der Waals surface area contributed by atoms with Gasteiger partial charge in [0.05, 0.1) is 0 Å². The van der Waals surface area contributed by atoms with Crippen molar-refractivity contribution in [2.45, 2.75) is 12.8 Å². The van der Waals surface area contributed by atoms with Crippen molar-refractivity contribution in [2.75, 3.05) is 13.1 Å². The second kappa shape index (κ2) is 3.64. The Morgan fingerprint density at radius 2 is 1.50 bits per heavy atom. The maximum atomic E-state index is 3.22. The number of rotatable bonds is 0. The topological polar surface area (TPSA) is 12.0 Å². The molecule has 2 heteroatoms. The third kappa shape index (κ3) is 1.79. The molecule has 6 heavy (non-hydrogen) atoms. The summed E-state index contributed by atoms with van der Waals surface area (Å²) in [5.74, 6) is 0. The van der Waals surface area contributed by atoms with Gasteiger partial charge in [-0.05, 0) is 25.9 Å². The molecular weight excluding hydrogens is 121 g/mol. The Balaban J connectivity index is 0.000000250. The Morgan fingerprint density at radius 3 is 1.67 bits per heavy atom. The van der Waals surface area contributed by atoms with Crippen molar-refractivity contribution in [3.63, 3.8) is 0 Å². The quantitative estimate of drug-likeness (QED) is 0.467. The van der Waals surface area contributed by atoms with E-state index >= 15 is 0 Å². The molecular formula is C4H9NNi. The van der Waals surface area contributed by atoms with Crippen molar-refractivity contribution in [1.82, 2.24) is 5.32 Å². The van der Waals surface area contributed by atoms with Gasteiger partial charge in [0.1, 0.15) is 0 Å². The summed E-state index contributed by atoms with van der Waals surface area (Å²) in [6, 6.07) is 0. The molecule has 0 aromatic carbocycles. The molecule has 0 unspecified atom stereocenters. The zero-order valence-electron chi connectivity index (χ0n) is 3.64. The Morgan fingerprint density at radius 1 is 1.00 bits per heavy atom. The van der Waals surface area contributed by atoms with Crippen molar-refractivity contribution in [1.29, 1.82) is 0 Å². The molecule has 0 aliphatic carbocycles. The van der Waals surface area contributed by atoms with E-state index in [-0.39, 0.29) is 16.5 Å². The number of hydrogen-bond acceptors (Lipinski definition) is 1. The van der Waals surface area contributed by atoms with Gasteiger partial charge in [-0.1, -0.05) is 0 Å². The van der Waals surface area contributed by atoms with Crippen molar-refractivity contribution < 1.29 is 16.5 Å². The van der Waals surface area contributed by atoms with E-state index in [4.69, 9.17) is 0 Å². The summed E-state index contributed by atoms with van der Waals surface area (Å²) in [5, 5.41) is 3.22. The minimum atomic E-state index is 0. The van der Waals surface area contributed by atoms with Crippen molar-refractivity contribution in [3.05, 3.63) is 0 Å². The van der Waals surface area contributed by atoms with E-state index in [1.807, 2.05) is 0 Å². The SMILES string of the molecule is C1CCNC1.[Ni]. The smallest absolute Gasteiger partial charge is 0 e. The normalized spacial score (nSPS) is 20.0. The maximum Gasteiger partial charge on any atom is 0 e. The van der Waals surface area contributed by atoms with Crippen LogP contribution < -0.4 is 5.32 Å². The van der Waals surface area contributed by atoms with E-state index < -0.39 is 0 Å². The minimum absolute atomic E-state index is 0. The van der Waals surface area contributed by atoms with Gasteiger partial charge in [-0.2, -0.15) is 0 Å². The monoisotopic (exact) mass is 129 g/mol. The van der Waals surface area contributed by atoms with Crippen LogP contribution in [0.2, 0.25) is 0 Å².